The SMILES string of the molecule is CC(C)CN(CCN(C)C)S(=O)(=O)c1c(N)ncn1C. The maximum Gasteiger partial charge on any atom is 0.262 e. The molecule has 2 N–H and O–H groups in total. The van der Waals surface area contributed by atoms with Gasteiger partial charge in [0.15, 0.2) is 10.8 Å². The monoisotopic (exact) mass is 303 g/mol. The Hall–Kier alpha value is -1.12. The third-order valence-electron chi connectivity index (χ3n) is 2.86. The molecule has 0 saturated carbocycles. The minimum absolute atomic E-state index is 0.0473. The van der Waals surface area contributed by atoms with Crippen LogP contribution in [-0.2, 0) is 17.1 Å². The van der Waals surface area contributed by atoms with Crippen LogP contribution in [0.4, 0.5) is 5.82 Å². The van der Waals surface area contributed by atoms with E-state index in [1.165, 1.54) is 15.2 Å². The molecule has 1 aromatic heterocycles. The standard InChI is InChI=1S/C12H25N5O2S/c1-10(2)8-17(7-6-15(3)4)20(18,19)12-11(13)14-9-16(12)5/h9-10H,6-8,13H2,1-5H3. The van der Waals surface area contributed by atoms with Crippen molar-refractivity contribution in [3.05, 3.63) is 6.33 Å². The minimum Gasteiger partial charge on any atom is -0.381 e. The molecule has 0 unspecified atom stereocenters. The van der Waals surface area contributed by atoms with Gasteiger partial charge in [-0.2, -0.15) is 4.31 Å². The molecule has 8 heteroatoms. The molecule has 0 aromatic carbocycles. The highest BCUT2D eigenvalue weighted by Gasteiger charge is 2.30. The second-order valence-corrected chi connectivity index (χ2v) is 7.46. The number of likely N-dealkylation sites (N-methyl/N-ethyl adjacent to an activating group) is 1. The Kier molecular flexibility index (Phi) is 5.55. The zero-order valence-corrected chi connectivity index (χ0v) is 13.7. The molecule has 0 atom stereocenters. The Morgan fingerprint density at radius 3 is 2.35 bits per heavy atom. The first-order valence-electron chi connectivity index (χ1n) is 6.58. The van der Waals surface area contributed by atoms with Crippen molar-refractivity contribution in [2.45, 2.75) is 18.9 Å². The summed E-state index contributed by atoms with van der Waals surface area (Å²) in [5.74, 6) is 0.285. The van der Waals surface area contributed by atoms with E-state index in [9.17, 15) is 8.42 Å². The number of imidazole rings is 1. The van der Waals surface area contributed by atoms with Crippen LogP contribution in [0.5, 0.6) is 0 Å². The molecule has 0 radical (unpaired) electrons. The van der Waals surface area contributed by atoms with Crippen molar-refractivity contribution in [1.29, 1.82) is 0 Å². The smallest absolute Gasteiger partial charge is 0.262 e. The van der Waals surface area contributed by atoms with Crippen molar-refractivity contribution >= 4 is 15.8 Å². The highest BCUT2D eigenvalue weighted by atomic mass is 32.2. The Morgan fingerprint density at radius 2 is 1.95 bits per heavy atom. The summed E-state index contributed by atoms with van der Waals surface area (Å²) in [7, 11) is 1.84. The second-order valence-electron chi connectivity index (χ2n) is 5.61. The number of aryl methyl sites for hydroxylation is 1. The first-order valence-corrected chi connectivity index (χ1v) is 8.02. The molecule has 0 spiro atoms. The summed E-state index contributed by atoms with van der Waals surface area (Å²) in [5, 5.41) is 0.0666. The van der Waals surface area contributed by atoms with Gasteiger partial charge in [-0.25, -0.2) is 13.4 Å². The maximum atomic E-state index is 12.7. The molecule has 0 aliphatic heterocycles. The second kappa shape index (κ2) is 6.55. The Morgan fingerprint density at radius 1 is 1.35 bits per heavy atom. The van der Waals surface area contributed by atoms with Gasteiger partial charge in [0.2, 0.25) is 0 Å². The quantitative estimate of drug-likeness (QED) is 0.778. The van der Waals surface area contributed by atoms with E-state index in [1.807, 2.05) is 32.8 Å². The highest BCUT2D eigenvalue weighted by Crippen LogP contribution is 2.21. The van der Waals surface area contributed by atoms with E-state index >= 15 is 0 Å². The third-order valence-corrected chi connectivity index (χ3v) is 4.86. The van der Waals surface area contributed by atoms with Crippen LogP contribution in [0.15, 0.2) is 11.4 Å². The van der Waals surface area contributed by atoms with Crippen LogP contribution in [-0.4, -0.2) is 60.9 Å². The van der Waals surface area contributed by atoms with E-state index in [-0.39, 0.29) is 16.8 Å². The molecule has 0 aliphatic rings. The molecule has 0 saturated heterocycles. The van der Waals surface area contributed by atoms with Gasteiger partial charge in [-0.05, 0) is 20.0 Å². The lowest BCUT2D eigenvalue weighted by Gasteiger charge is -2.25. The van der Waals surface area contributed by atoms with Crippen LogP contribution >= 0.6 is 0 Å². The summed E-state index contributed by atoms with van der Waals surface area (Å²) in [4.78, 5) is 5.82. The third kappa shape index (κ3) is 3.94. The van der Waals surface area contributed by atoms with E-state index in [0.29, 0.717) is 19.6 Å². The average molecular weight is 303 g/mol. The predicted octanol–water partition coefficient (Wildman–Crippen LogP) is 0.211. The Balaban J connectivity index is 3.10. The molecule has 0 amide bonds. The molecular weight excluding hydrogens is 278 g/mol. The van der Waals surface area contributed by atoms with Gasteiger partial charge >= 0.3 is 0 Å². The minimum atomic E-state index is -3.63. The normalized spacial score (nSPS) is 12.8. The summed E-state index contributed by atoms with van der Waals surface area (Å²) in [6.45, 7) is 5.53. The van der Waals surface area contributed by atoms with Gasteiger partial charge in [0.25, 0.3) is 10.0 Å². The van der Waals surface area contributed by atoms with Crippen molar-refractivity contribution in [2.24, 2.45) is 13.0 Å². The van der Waals surface area contributed by atoms with Gasteiger partial charge in [0.1, 0.15) is 0 Å². The fourth-order valence-corrected chi connectivity index (χ4v) is 3.69. The van der Waals surface area contributed by atoms with Crippen molar-refractivity contribution in [1.82, 2.24) is 18.8 Å². The molecule has 0 aliphatic carbocycles. The zero-order chi connectivity index (χ0) is 15.5. The van der Waals surface area contributed by atoms with Crippen LogP contribution in [0.2, 0.25) is 0 Å². The average Bonchev–Trinajstić information content (AvgIpc) is 2.63. The number of nitrogen functional groups attached to an aromatic ring is 1. The van der Waals surface area contributed by atoms with E-state index in [4.69, 9.17) is 5.73 Å². The lowest BCUT2D eigenvalue weighted by molar-refractivity contribution is 0.311. The molecular formula is C12H25N5O2S. The van der Waals surface area contributed by atoms with Crippen molar-refractivity contribution in [3.63, 3.8) is 0 Å². The number of sulfonamides is 1. The van der Waals surface area contributed by atoms with Crippen LogP contribution in [0.1, 0.15) is 13.8 Å². The van der Waals surface area contributed by atoms with Crippen molar-refractivity contribution in [3.8, 4) is 0 Å². The van der Waals surface area contributed by atoms with Gasteiger partial charge in [-0.15, -0.1) is 0 Å². The molecule has 116 valence electrons. The van der Waals surface area contributed by atoms with E-state index < -0.39 is 10.0 Å². The molecule has 20 heavy (non-hydrogen) atoms. The fourth-order valence-electron chi connectivity index (χ4n) is 1.90. The number of nitrogens with zero attached hydrogens (tertiary/aromatic N) is 4. The fraction of sp³-hybridized carbons (Fsp3) is 0.750. The number of rotatable bonds is 7. The van der Waals surface area contributed by atoms with Crippen LogP contribution in [0, 0.1) is 5.92 Å². The van der Waals surface area contributed by atoms with Gasteiger partial charge in [0.05, 0.1) is 6.33 Å². The number of aromatic nitrogens is 2. The van der Waals surface area contributed by atoms with Gasteiger partial charge in [-0.3, -0.25) is 0 Å². The van der Waals surface area contributed by atoms with Crippen LogP contribution in [0.3, 0.4) is 0 Å². The molecule has 1 aromatic rings. The Bertz CT molecular complexity index is 517. The van der Waals surface area contributed by atoms with Crippen molar-refractivity contribution < 1.29 is 8.42 Å². The summed E-state index contributed by atoms with van der Waals surface area (Å²) >= 11 is 0. The van der Waals surface area contributed by atoms with Crippen LogP contribution < -0.4 is 5.73 Å². The molecule has 0 bridgehead atoms. The molecule has 0 fully saturated rings. The summed E-state index contributed by atoms with van der Waals surface area (Å²) in [6, 6.07) is 0. The molecule has 1 heterocycles. The van der Waals surface area contributed by atoms with Crippen LogP contribution in [0.25, 0.3) is 0 Å². The number of hydrogen-bond acceptors (Lipinski definition) is 5. The maximum absolute atomic E-state index is 12.7. The summed E-state index contributed by atoms with van der Waals surface area (Å²) in [5.41, 5.74) is 5.70. The molecule has 1 rings (SSSR count). The Labute approximate surface area is 121 Å². The first-order chi connectivity index (χ1) is 9.16. The van der Waals surface area contributed by atoms with Gasteiger partial charge in [-0.1, -0.05) is 13.8 Å². The summed E-state index contributed by atoms with van der Waals surface area (Å²) in [6.07, 6.45) is 1.42. The lowest BCUT2D eigenvalue weighted by atomic mass is 10.2. The van der Waals surface area contributed by atoms with Gasteiger partial charge < -0.3 is 15.2 Å². The highest BCUT2D eigenvalue weighted by molar-refractivity contribution is 7.89. The summed E-state index contributed by atoms with van der Waals surface area (Å²) < 4.78 is 28.4. The number of anilines is 1. The topological polar surface area (TPSA) is 84.5 Å². The largest absolute Gasteiger partial charge is 0.381 e. The molecule has 7 nitrogen and oxygen atoms in total. The number of nitrogens with two attached hydrogens (primary N) is 1. The zero-order valence-electron chi connectivity index (χ0n) is 12.9. The lowest BCUT2D eigenvalue weighted by Crippen LogP contribution is -2.39. The van der Waals surface area contributed by atoms with Gasteiger partial charge in [0, 0.05) is 26.7 Å². The van der Waals surface area contributed by atoms with E-state index in [2.05, 4.69) is 4.98 Å². The van der Waals surface area contributed by atoms with E-state index in [0.717, 1.165) is 0 Å². The predicted molar refractivity (Wildman–Crippen MR) is 79.8 cm³/mol. The number of hydrogen-bond donors (Lipinski definition) is 1. The van der Waals surface area contributed by atoms with Crippen molar-refractivity contribution in [2.75, 3.05) is 39.5 Å². The van der Waals surface area contributed by atoms with E-state index in [1.54, 1.807) is 7.05 Å². The first kappa shape index (κ1) is 16.9.